The minimum absolute atomic E-state index is 0.0214. The third-order valence-electron chi connectivity index (χ3n) is 5.99. The molecular weight excluding hydrogens is 470 g/mol. The van der Waals surface area contributed by atoms with E-state index in [1.165, 1.54) is 33.3 Å². The van der Waals surface area contributed by atoms with Crippen LogP contribution in [0.15, 0.2) is 53.4 Å². The molecule has 1 aliphatic rings. The highest BCUT2D eigenvalue weighted by Gasteiger charge is 2.25. The number of H-pyrrole nitrogens is 1. The summed E-state index contributed by atoms with van der Waals surface area (Å²) in [5.41, 5.74) is 1.84. The first-order chi connectivity index (χ1) is 16.7. The van der Waals surface area contributed by atoms with Gasteiger partial charge in [0.25, 0.3) is 5.91 Å². The van der Waals surface area contributed by atoms with E-state index in [1.807, 2.05) is 35.2 Å². The summed E-state index contributed by atoms with van der Waals surface area (Å²) >= 11 is 0. The number of hydrogen-bond donors (Lipinski definition) is 2. The SMILES string of the molecule is COc1ccc(NC(=O)CN2CCN(C(=O)c3cc4ccccc4[nH]3)CC2)cc1S(=O)(=O)N(C)C. The van der Waals surface area contributed by atoms with E-state index in [1.54, 1.807) is 11.0 Å². The molecule has 0 radical (unpaired) electrons. The number of amides is 2. The average molecular weight is 500 g/mol. The number of aromatic amines is 1. The van der Waals surface area contributed by atoms with Crippen molar-refractivity contribution in [2.75, 3.05) is 59.2 Å². The van der Waals surface area contributed by atoms with Crippen molar-refractivity contribution in [1.29, 1.82) is 0 Å². The van der Waals surface area contributed by atoms with E-state index in [0.29, 0.717) is 37.6 Å². The first-order valence-electron chi connectivity index (χ1n) is 11.2. The molecule has 0 atom stereocenters. The number of fused-ring (bicyclic) bond motifs is 1. The van der Waals surface area contributed by atoms with Crippen LogP contribution in [-0.4, -0.2) is 93.3 Å². The number of sulfonamides is 1. The number of para-hydroxylation sites is 1. The molecule has 0 aliphatic carbocycles. The number of aromatic nitrogens is 1. The number of piperazine rings is 1. The molecular formula is C24H29N5O5S. The van der Waals surface area contributed by atoms with Gasteiger partial charge in [-0.2, -0.15) is 0 Å². The van der Waals surface area contributed by atoms with Crippen molar-refractivity contribution < 1.29 is 22.7 Å². The lowest BCUT2D eigenvalue weighted by Crippen LogP contribution is -2.50. The van der Waals surface area contributed by atoms with Gasteiger partial charge in [-0.25, -0.2) is 12.7 Å². The lowest BCUT2D eigenvalue weighted by molar-refractivity contribution is -0.117. The molecule has 1 aromatic heterocycles. The Morgan fingerprint density at radius 3 is 2.43 bits per heavy atom. The summed E-state index contributed by atoms with van der Waals surface area (Å²) in [7, 11) is 0.515. The molecule has 11 heteroatoms. The maximum absolute atomic E-state index is 12.9. The van der Waals surface area contributed by atoms with Gasteiger partial charge in [-0.3, -0.25) is 14.5 Å². The highest BCUT2D eigenvalue weighted by Crippen LogP contribution is 2.29. The van der Waals surface area contributed by atoms with Crippen LogP contribution in [0.1, 0.15) is 10.5 Å². The van der Waals surface area contributed by atoms with Gasteiger partial charge in [-0.15, -0.1) is 0 Å². The molecule has 1 aliphatic heterocycles. The number of carbonyl (C=O) groups is 2. The van der Waals surface area contributed by atoms with Crippen molar-refractivity contribution in [2.24, 2.45) is 0 Å². The minimum atomic E-state index is -3.74. The number of hydrogen-bond acceptors (Lipinski definition) is 6. The van der Waals surface area contributed by atoms with Gasteiger partial charge in [-0.1, -0.05) is 18.2 Å². The lowest BCUT2D eigenvalue weighted by Gasteiger charge is -2.34. The topological polar surface area (TPSA) is 115 Å². The summed E-state index contributed by atoms with van der Waals surface area (Å²) in [4.78, 5) is 32.4. The monoisotopic (exact) mass is 499 g/mol. The van der Waals surface area contributed by atoms with Crippen molar-refractivity contribution in [2.45, 2.75) is 4.90 Å². The summed E-state index contributed by atoms with van der Waals surface area (Å²) in [6, 6.07) is 14.1. The van der Waals surface area contributed by atoms with E-state index >= 15 is 0 Å². The summed E-state index contributed by atoms with van der Waals surface area (Å²) in [6.07, 6.45) is 0. The van der Waals surface area contributed by atoms with Gasteiger partial charge in [0, 0.05) is 56.9 Å². The van der Waals surface area contributed by atoms with E-state index < -0.39 is 10.0 Å². The summed E-state index contributed by atoms with van der Waals surface area (Å²) < 4.78 is 31.5. The van der Waals surface area contributed by atoms with Crippen LogP contribution in [0.2, 0.25) is 0 Å². The highest BCUT2D eigenvalue weighted by molar-refractivity contribution is 7.89. The highest BCUT2D eigenvalue weighted by atomic mass is 32.2. The summed E-state index contributed by atoms with van der Waals surface area (Å²) in [5, 5.41) is 3.75. The molecule has 2 heterocycles. The maximum Gasteiger partial charge on any atom is 0.270 e. The molecule has 0 unspecified atom stereocenters. The fourth-order valence-electron chi connectivity index (χ4n) is 4.02. The van der Waals surface area contributed by atoms with Crippen LogP contribution < -0.4 is 10.1 Å². The van der Waals surface area contributed by atoms with Gasteiger partial charge in [0.2, 0.25) is 15.9 Å². The molecule has 0 bridgehead atoms. The quantitative estimate of drug-likeness (QED) is 0.513. The standard InChI is InChI=1S/C24H29N5O5S/c1-27(2)35(32,33)22-15-18(8-9-21(22)34-3)25-23(30)16-28-10-12-29(13-11-28)24(31)20-14-17-6-4-5-7-19(17)26-20/h4-9,14-15,26H,10-13,16H2,1-3H3,(H,25,30). The number of carbonyl (C=O) groups excluding carboxylic acids is 2. The molecule has 1 fully saturated rings. The molecule has 3 aromatic rings. The Bertz CT molecular complexity index is 1310. The maximum atomic E-state index is 12.9. The number of nitrogens with zero attached hydrogens (tertiary/aromatic N) is 3. The Balaban J connectivity index is 1.34. The van der Waals surface area contributed by atoms with Gasteiger partial charge < -0.3 is 19.9 Å². The van der Waals surface area contributed by atoms with Crippen LogP contribution in [-0.2, 0) is 14.8 Å². The average Bonchev–Trinajstić information content (AvgIpc) is 3.28. The predicted molar refractivity (Wildman–Crippen MR) is 133 cm³/mol. The lowest BCUT2D eigenvalue weighted by atomic mass is 10.2. The molecule has 186 valence electrons. The minimum Gasteiger partial charge on any atom is -0.495 e. The van der Waals surface area contributed by atoms with Crippen molar-refractivity contribution in [3.8, 4) is 5.75 Å². The molecule has 0 saturated carbocycles. The zero-order chi connectivity index (χ0) is 25.2. The van der Waals surface area contributed by atoms with Crippen LogP contribution in [0.5, 0.6) is 5.75 Å². The Labute approximate surface area is 204 Å². The normalized spacial score (nSPS) is 14.9. The second-order valence-corrected chi connectivity index (χ2v) is 10.7. The smallest absolute Gasteiger partial charge is 0.270 e. The zero-order valence-electron chi connectivity index (χ0n) is 19.9. The van der Waals surface area contributed by atoms with Crippen LogP contribution in [0, 0.1) is 0 Å². The number of anilines is 1. The third kappa shape index (κ3) is 5.31. The van der Waals surface area contributed by atoms with Crippen LogP contribution >= 0.6 is 0 Å². The predicted octanol–water partition coefficient (Wildman–Crippen LogP) is 1.82. The van der Waals surface area contributed by atoms with E-state index in [-0.39, 0.29) is 29.0 Å². The molecule has 1 saturated heterocycles. The molecule has 35 heavy (non-hydrogen) atoms. The number of methoxy groups -OCH3 is 1. The summed E-state index contributed by atoms with van der Waals surface area (Å²) in [6.45, 7) is 2.27. The van der Waals surface area contributed by atoms with Crippen molar-refractivity contribution in [3.05, 3.63) is 54.2 Å². The first-order valence-corrected chi connectivity index (χ1v) is 12.6. The second-order valence-electron chi connectivity index (χ2n) is 8.54. The van der Waals surface area contributed by atoms with Crippen molar-refractivity contribution in [3.63, 3.8) is 0 Å². The van der Waals surface area contributed by atoms with E-state index in [0.717, 1.165) is 15.2 Å². The third-order valence-corrected chi connectivity index (χ3v) is 7.83. The molecule has 2 amide bonds. The first kappa shape index (κ1) is 24.7. The van der Waals surface area contributed by atoms with Crippen LogP contribution in [0.25, 0.3) is 10.9 Å². The molecule has 2 aromatic carbocycles. The van der Waals surface area contributed by atoms with Gasteiger partial charge in [0.1, 0.15) is 16.3 Å². The summed E-state index contributed by atoms with van der Waals surface area (Å²) in [5.74, 6) is -0.121. The van der Waals surface area contributed by atoms with E-state index in [9.17, 15) is 18.0 Å². The Kier molecular flexibility index (Phi) is 7.10. The number of ether oxygens (including phenoxy) is 1. The van der Waals surface area contributed by atoms with E-state index in [2.05, 4.69) is 10.3 Å². The Hall–Kier alpha value is -3.41. The molecule has 2 N–H and O–H groups in total. The number of benzene rings is 2. The Morgan fingerprint density at radius 1 is 1.06 bits per heavy atom. The molecule has 4 rings (SSSR count). The molecule has 0 spiro atoms. The van der Waals surface area contributed by atoms with E-state index in [4.69, 9.17) is 4.74 Å². The fourth-order valence-corrected chi connectivity index (χ4v) is 5.10. The second kappa shape index (κ2) is 10.1. The number of nitrogens with one attached hydrogen (secondary N) is 2. The number of rotatable bonds is 7. The van der Waals surface area contributed by atoms with Gasteiger partial charge in [0.05, 0.1) is 13.7 Å². The Morgan fingerprint density at radius 2 is 1.77 bits per heavy atom. The molecule has 10 nitrogen and oxygen atoms in total. The van der Waals surface area contributed by atoms with Crippen LogP contribution in [0.3, 0.4) is 0 Å². The largest absolute Gasteiger partial charge is 0.495 e. The van der Waals surface area contributed by atoms with Gasteiger partial charge in [-0.05, 0) is 30.3 Å². The fraction of sp³-hybridized carbons (Fsp3) is 0.333. The van der Waals surface area contributed by atoms with Crippen LogP contribution in [0.4, 0.5) is 5.69 Å². The zero-order valence-corrected chi connectivity index (χ0v) is 20.8. The van der Waals surface area contributed by atoms with Crippen molar-refractivity contribution in [1.82, 2.24) is 19.1 Å². The van der Waals surface area contributed by atoms with Crippen molar-refractivity contribution >= 4 is 38.4 Å². The van der Waals surface area contributed by atoms with Gasteiger partial charge >= 0.3 is 0 Å². The van der Waals surface area contributed by atoms with Gasteiger partial charge in [0.15, 0.2) is 0 Å².